The van der Waals surface area contributed by atoms with Crippen LogP contribution < -0.4 is 5.32 Å². The van der Waals surface area contributed by atoms with Gasteiger partial charge in [-0.25, -0.2) is 0 Å². The summed E-state index contributed by atoms with van der Waals surface area (Å²) in [5, 5.41) is 3.84. The van der Waals surface area contributed by atoms with Crippen molar-refractivity contribution in [1.29, 1.82) is 0 Å². The first-order valence-corrected chi connectivity index (χ1v) is 9.11. The molecule has 1 N–H and O–H groups in total. The quantitative estimate of drug-likeness (QED) is 0.705. The van der Waals surface area contributed by atoms with E-state index in [4.69, 9.17) is 0 Å². The van der Waals surface area contributed by atoms with Crippen LogP contribution >= 0.6 is 0 Å². The predicted octanol–water partition coefficient (Wildman–Crippen LogP) is 3.06. The molecule has 1 rings (SSSR count). The molecule has 4 unspecified atom stereocenters. The Morgan fingerprint density at radius 1 is 1.05 bits per heavy atom. The third kappa shape index (κ3) is 6.25. The van der Waals surface area contributed by atoms with E-state index in [1.165, 1.54) is 45.3 Å². The Hall–Kier alpha value is -0.120. The largest absolute Gasteiger partial charge is 0.312 e. The van der Waals surface area contributed by atoms with Crippen LogP contribution in [0.3, 0.4) is 0 Å². The molecule has 0 aliphatic heterocycles. The van der Waals surface area contributed by atoms with E-state index in [1.54, 1.807) is 0 Å². The van der Waals surface area contributed by atoms with E-state index >= 15 is 0 Å². The summed E-state index contributed by atoms with van der Waals surface area (Å²) in [6.07, 6.45) is 5.25. The molecule has 21 heavy (non-hydrogen) atoms. The van der Waals surface area contributed by atoms with Gasteiger partial charge in [0.15, 0.2) is 0 Å². The highest BCUT2D eigenvalue weighted by Crippen LogP contribution is 2.32. The number of likely N-dealkylation sites (N-methyl/N-ethyl adjacent to an activating group) is 1. The molecule has 1 aliphatic carbocycles. The van der Waals surface area contributed by atoms with E-state index in [0.717, 1.165) is 24.4 Å². The summed E-state index contributed by atoms with van der Waals surface area (Å²) in [7, 11) is 4.35. The average molecular weight is 298 g/mol. The summed E-state index contributed by atoms with van der Waals surface area (Å²) < 4.78 is 0. The van der Waals surface area contributed by atoms with E-state index < -0.39 is 0 Å². The third-order valence-corrected chi connectivity index (χ3v) is 4.96. The summed E-state index contributed by atoms with van der Waals surface area (Å²) in [6.45, 7) is 14.3. The molecule has 0 bridgehead atoms. The van der Waals surface area contributed by atoms with Crippen LogP contribution in [0.1, 0.15) is 53.4 Å². The van der Waals surface area contributed by atoms with Gasteiger partial charge in [-0.05, 0) is 77.8 Å². The van der Waals surface area contributed by atoms with Crippen molar-refractivity contribution in [3.63, 3.8) is 0 Å². The molecule has 0 aromatic carbocycles. The number of hydrogen-bond acceptors (Lipinski definition) is 3. The molecular weight excluding hydrogens is 258 g/mol. The average Bonchev–Trinajstić information content (AvgIpc) is 2.41. The lowest BCUT2D eigenvalue weighted by Crippen LogP contribution is -2.57. The number of rotatable bonds is 9. The van der Waals surface area contributed by atoms with Gasteiger partial charge in [-0.15, -0.1) is 0 Å². The Labute approximate surface area is 133 Å². The molecule has 0 aromatic heterocycles. The van der Waals surface area contributed by atoms with Crippen LogP contribution in [-0.4, -0.2) is 62.2 Å². The molecule has 1 fully saturated rings. The van der Waals surface area contributed by atoms with Crippen molar-refractivity contribution in [3.05, 3.63) is 0 Å². The van der Waals surface area contributed by atoms with Crippen LogP contribution in [0.4, 0.5) is 0 Å². The lowest BCUT2D eigenvalue weighted by atomic mass is 9.75. The fourth-order valence-corrected chi connectivity index (χ4v) is 4.10. The molecule has 0 amide bonds. The molecule has 0 radical (unpaired) electrons. The zero-order valence-corrected chi connectivity index (χ0v) is 15.4. The third-order valence-electron chi connectivity index (χ3n) is 4.96. The topological polar surface area (TPSA) is 18.5 Å². The van der Waals surface area contributed by atoms with Crippen molar-refractivity contribution in [2.24, 2.45) is 11.8 Å². The Bertz CT molecular complexity index is 267. The first-order valence-electron chi connectivity index (χ1n) is 9.11. The molecule has 0 heterocycles. The summed E-state index contributed by atoms with van der Waals surface area (Å²) in [4.78, 5) is 5.04. The van der Waals surface area contributed by atoms with E-state index in [9.17, 15) is 0 Å². The smallest absolute Gasteiger partial charge is 0.0275 e. The van der Waals surface area contributed by atoms with Gasteiger partial charge in [0.1, 0.15) is 0 Å². The monoisotopic (exact) mass is 297 g/mol. The van der Waals surface area contributed by atoms with E-state index in [0.29, 0.717) is 6.04 Å². The molecule has 3 nitrogen and oxygen atoms in total. The first-order chi connectivity index (χ1) is 9.99. The van der Waals surface area contributed by atoms with Crippen molar-refractivity contribution >= 4 is 0 Å². The number of nitrogens with zero attached hydrogens (tertiary/aromatic N) is 2. The highest BCUT2D eigenvalue weighted by Gasteiger charge is 2.36. The standard InChI is InChI=1S/C18H39N3/c1-7-10-19-17-14-15(3)13-16(4)18(17)21(8-2)12-9-11-20(5)6/h15-19H,7-14H2,1-6H3. The van der Waals surface area contributed by atoms with Gasteiger partial charge < -0.3 is 10.2 Å². The molecule has 126 valence electrons. The molecule has 3 heteroatoms. The molecule has 1 saturated carbocycles. The van der Waals surface area contributed by atoms with Crippen LogP contribution in [0.5, 0.6) is 0 Å². The van der Waals surface area contributed by atoms with Crippen molar-refractivity contribution in [3.8, 4) is 0 Å². The van der Waals surface area contributed by atoms with E-state index in [2.05, 4.69) is 56.9 Å². The van der Waals surface area contributed by atoms with Crippen molar-refractivity contribution in [2.45, 2.75) is 65.5 Å². The maximum atomic E-state index is 3.84. The summed E-state index contributed by atoms with van der Waals surface area (Å²) in [6, 6.07) is 1.41. The maximum Gasteiger partial charge on any atom is 0.0275 e. The Morgan fingerprint density at radius 3 is 2.33 bits per heavy atom. The van der Waals surface area contributed by atoms with Gasteiger partial charge >= 0.3 is 0 Å². The van der Waals surface area contributed by atoms with Crippen LogP contribution in [0.25, 0.3) is 0 Å². The second kappa shape index (κ2) is 9.81. The minimum Gasteiger partial charge on any atom is -0.312 e. The van der Waals surface area contributed by atoms with Gasteiger partial charge in [-0.1, -0.05) is 27.7 Å². The van der Waals surface area contributed by atoms with Crippen LogP contribution in [0.15, 0.2) is 0 Å². The van der Waals surface area contributed by atoms with Gasteiger partial charge in [0.2, 0.25) is 0 Å². The molecule has 0 saturated heterocycles. The predicted molar refractivity (Wildman–Crippen MR) is 93.8 cm³/mol. The summed E-state index contributed by atoms with van der Waals surface area (Å²) in [5.41, 5.74) is 0. The molecule has 1 aliphatic rings. The normalized spacial score (nSPS) is 30.3. The Kier molecular flexibility index (Phi) is 8.84. The number of nitrogens with one attached hydrogen (secondary N) is 1. The van der Waals surface area contributed by atoms with Gasteiger partial charge in [0.05, 0.1) is 0 Å². The SMILES string of the molecule is CCCNC1CC(C)CC(C)C1N(CC)CCCN(C)C. The highest BCUT2D eigenvalue weighted by atomic mass is 15.2. The highest BCUT2D eigenvalue weighted by molar-refractivity contribution is 4.93. The molecular formula is C18H39N3. The first kappa shape index (κ1) is 18.9. The van der Waals surface area contributed by atoms with Crippen LogP contribution in [-0.2, 0) is 0 Å². The van der Waals surface area contributed by atoms with Crippen molar-refractivity contribution in [2.75, 3.05) is 40.3 Å². The molecule has 4 atom stereocenters. The molecule has 0 aromatic rings. The molecule has 0 spiro atoms. The maximum absolute atomic E-state index is 3.84. The second-order valence-corrected chi connectivity index (χ2v) is 7.39. The Balaban J connectivity index is 2.65. The minimum absolute atomic E-state index is 0.683. The van der Waals surface area contributed by atoms with Gasteiger partial charge in [0, 0.05) is 12.1 Å². The van der Waals surface area contributed by atoms with Crippen molar-refractivity contribution < 1.29 is 0 Å². The van der Waals surface area contributed by atoms with E-state index in [1.807, 2.05) is 0 Å². The minimum atomic E-state index is 0.683. The fourth-order valence-electron chi connectivity index (χ4n) is 4.10. The lowest BCUT2D eigenvalue weighted by molar-refractivity contribution is 0.0627. The van der Waals surface area contributed by atoms with Crippen LogP contribution in [0, 0.1) is 11.8 Å². The van der Waals surface area contributed by atoms with Gasteiger partial charge in [-0.2, -0.15) is 0 Å². The van der Waals surface area contributed by atoms with Gasteiger partial charge in [-0.3, -0.25) is 4.90 Å². The summed E-state index contributed by atoms with van der Waals surface area (Å²) >= 11 is 0. The number of hydrogen-bond donors (Lipinski definition) is 1. The van der Waals surface area contributed by atoms with Crippen molar-refractivity contribution in [1.82, 2.24) is 15.1 Å². The second-order valence-electron chi connectivity index (χ2n) is 7.39. The zero-order valence-electron chi connectivity index (χ0n) is 15.4. The summed E-state index contributed by atoms with van der Waals surface area (Å²) in [5.74, 6) is 1.67. The Morgan fingerprint density at radius 2 is 1.76 bits per heavy atom. The van der Waals surface area contributed by atoms with Crippen LogP contribution in [0.2, 0.25) is 0 Å². The van der Waals surface area contributed by atoms with E-state index in [-0.39, 0.29) is 0 Å². The lowest BCUT2D eigenvalue weighted by Gasteiger charge is -2.46. The van der Waals surface area contributed by atoms with Gasteiger partial charge in [0.25, 0.3) is 0 Å². The fraction of sp³-hybridized carbons (Fsp3) is 1.00. The zero-order chi connectivity index (χ0) is 15.8.